The lowest BCUT2D eigenvalue weighted by molar-refractivity contribution is -0.215. The van der Waals surface area contributed by atoms with E-state index in [1.807, 2.05) is 4.90 Å². The summed E-state index contributed by atoms with van der Waals surface area (Å²) in [5, 5.41) is 13.7. The summed E-state index contributed by atoms with van der Waals surface area (Å²) in [5.41, 5.74) is 2.06. The Labute approximate surface area is 207 Å². The lowest BCUT2D eigenvalue weighted by Crippen LogP contribution is -2.78. The number of nitrogens with zero attached hydrogens (tertiary/aromatic N) is 1. The van der Waals surface area contributed by atoms with Crippen molar-refractivity contribution in [3.63, 3.8) is 0 Å². The van der Waals surface area contributed by atoms with Gasteiger partial charge in [0.25, 0.3) is 0 Å². The van der Waals surface area contributed by atoms with Crippen molar-refractivity contribution in [2.75, 3.05) is 0 Å². The first-order valence-electron chi connectivity index (χ1n) is 12.5. The molecule has 5 nitrogen and oxygen atoms in total. The molecule has 6 heteroatoms. The number of carbonyl (C=O) groups is 2. The second-order valence-electron chi connectivity index (χ2n) is 13.4. The van der Waals surface area contributed by atoms with Crippen molar-refractivity contribution < 1.29 is 14.7 Å². The highest BCUT2D eigenvalue weighted by Crippen LogP contribution is 2.71. The van der Waals surface area contributed by atoms with Gasteiger partial charge in [-0.25, -0.2) is 4.79 Å². The minimum Gasteiger partial charge on any atom is -0.481 e. The number of aliphatic carboxylic acids is 1. The highest BCUT2D eigenvalue weighted by molar-refractivity contribution is 6.31. The van der Waals surface area contributed by atoms with Gasteiger partial charge in [0.2, 0.25) is 0 Å². The maximum Gasteiger partial charge on any atom is 0.322 e. The molecule has 1 aliphatic heterocycles. The van der Waals surface area contributed by atoms with Crippen molar-refractivity contribution in [3.8, 4) is 0 Å². The van der Waals surface area contributed by atoms with E-state index in [1.54, 1.807) is 0 Å². The van der Waals surface area contributed by atoms with E-state index in [0.29, 0.717) is 19.3 Å². The summed E-state index contributed by atoms with van der Waals surface area (Å²) in [4.78, 5) is 27.0. The van der Waals surface area contributed by atoms with Crippen LogP contribution < -0.4 is 5.32 Å². The number of hydrogen-bond acceptors (Lipinski definition) is 2. The van der Waals surface area contributed by atoms with E-state index >= 15 is 0 Å². The SMILES string of the molecule is CC1C2=CN(C34CC(C(=O)O)(C3)C4)C(=O)N[C@]2(c2ccc(CCC(C)(C)C)c(Cl)c2)CC1(C)C. The molecule has 4 fully saturated rings. The molecule has 2 bridgehead atoms. The smallest absolute Gasteiger partial charge is 0.322 e. The molecule has 1 heterocycles. The summed E-state index contributed by atoms with van der Waals surface area (Å²) >= 11 is 6.79. The molecule has 0 spiro atoms. The van der Waals surface area contributed by atoms with E-state index < -0.39 is 16.9 Å². The van der Waals surface area contributed by atoms with E-state index in [1.165, 1.54) is 5.57 Å². The highest BCUT2D eigenvalue weighted by atomic mass is 35.5. The molecule has 0 aromatic heterocycles. The third-order valence-corrected chi connectivity index (χ3v) is 9.67. The van der Waals surface area contributed by atoms with Crippen LogP contribution in [0.25, 0.3) is 0 Å². The van der Waals surface area contributed by atoms with Crippen LogP contribution in [0, 0.1) is 22.2 Å². The van der Waals surface area contributed by atoms with Gasteiger partial charge in [-0.3, -0.25) is 9.69 Å². The lowest BCUT2D eigenvalue weighted by Gasteiger charge is -2.71. The summed E-state index contributed by atoms with van der Waals surface area (Å²) in [7, 11) is 0. The van der Waals surface area contributed by atoms with Crippen molar-refractivity contribution in [3.05, 3.63) is 46.1 Å². The summed E-state index contributed by atoms with van der Waals surface area (Å²) in [6.07, 6.45) is 6.48. The van der Waals surface area contributed by atoms with E-state index in [2.05, 4.69) is 71.3 Å². The van der Waals surface area contributed by atoms with E-state index in [9.17, 15) is 14.7 Å². The number of fused-ring (bicyclic) bond motifs is 1. The second kappa shape index (κ2) is 7.02. The van der Waals surface area contributed by atoms with Crippen LogP contribution in [0.4, 0.5) is 4.79 Å². The molecule has 1 aromatic carbocycles. The number of hydrogen-bond donors (Lipinski definition) is 2. The lowest BCUT2D eigenvalue weighted by atomic mass is 9.38. The number of halogens is 1. The molecular formula is C28H37ClN2O3. The Morgan fingerprint density at radius 1 is 1.21 bits per heavy atom. The molecule has 1 unspecified atom stereocenters. The van der Waals surface area contributed by atoms with Gasteiger partial charge in [-0.2, -0.15) is 0 Å². The minimum atomic E-state index is -0.731. The fourth-order valence-corrected chi connectivity index (χ4v) is 7.22. The van der Waals surface area contributed by atoms with Crippen LogP contribution in [-0.2, 0) is 16.8 Å². The van der Waals surface area contributed by atoms with Crippen molar-refractivity contribution >= 4 is 23.6 Å². The summed E-state index contributed by atoms with van der Waals surface area (Å²) in [5.74, 6) is -0.471. The van der Waals surface area contributed by atoms with Gasteiger partial charge in [-0.05, 0) is 78.0 Å². The Bertz CT molecular complexity index is 1100. The van der Waals surface area contributed by atoms with E-state index in [0.717, 1.165) is 35.4 Å². The number of carboxylic acid groups (broad SMARTS) is 1. The third kappa shape index (κ3) is 3.26. The van der Waals surface area contributed by atoms with E-state index in [-0.39, 0.29) is 28.3 Å². The Balaban J connectivity index is 1.50. The molecular weight excluding hydrogens is 448 g/mol. The molecule has 4 aliphatic carbocycles. The summed E-state index contributed by atoms with van der Waals surface area (Å²) < 4.78 is 0. The first kappa shape index (κ1) is 23.7. The Kier molecular flexibility index (Phi) is 4.90. The molecule has 2 atom stereocenters. The molecule has 2 amide bonds. The third-order valence-electron chi connectivity index (χ3n) is 9.32. The summed E-state index contributed by atoms with van der Waals surface area (Å²) in [6.45, 7) is 13.5. The monoisotopic (exact) mass is 484 g/mol. The molecule has 0 radical (unpaired) electrons. The highest BCUT2D eigenvalue weighted by Gasteiger charge is 2.75. The Morgan fingerprint density at radius 2 is 1.85 bits per heavy atom. The largest absolute Gasteiger partial charge is 0.481 e. The molecule has 2 N–H and O–H groups in total. The molecule has 1 aromatic rings. The number of carboxylic acids is 1. The fourth-order valence-electron chi connectivity index (χ4n) is 6.94. The first-order valence-corrected chi connectivity index (χ1v) is 12.9. The molecule has 0 saturated heterocycles. The number of urea groups is 1. The molecule has 5 aliphatic rings. The second-order valence-corrected chi connectivity index (χ2v) is 13.8. The number of amides is 2. The van der Waals surface area contributed by atoms with Crippen molar-refractivity contribution in [2.24, 2.45) is 22.2 Å². The van der Waals surface area contributed by atoms with Crippen LogP contribution >= 0.6 is 11.6 Å². The number of rotatable bonds is 5. The molecule has 34 heavy (non-hydrogen) atoms. The maximum absolute atomic E-state index is 13.5. The van der Waals surface area contributed by atoms with Gasteiger partial charge < -0.3 is 10.4 Å². The van der Waals surface area contributed by atoms with Gasteiger partial charge in [0, 0.05) is 11.2 Å². The van der Waals surface area contributed by atoms with Crippen LogP contribution in [-0.4, -0.2) is 27.5 Å². The van der Waals surface area contributed by atoms with Gasteiger partial charge >= 0.3 is 12.0 Å². The number of nitrogens with one attached hydrogen (secondary N) is 1. The topological polar surface area (TPSA) is 69.6 Å². The summed E-state index contributed by atoms with van der Waals surface area (Å²) in [6, 6.07) is 6.20. The van der Waals surface area contributed by atoms with Crippen LogP contribution in [0.3, 0.4) is 0 Å². The normalized spacial score (nSPS) is 35.6. The van der Waals surface area contributed by atoms with Crippen molar-refractivity contribution in [1.82, 2.24) is 10.2 Å². The fraction of sp³-hybridized carbons (Fsp3) is 0.643. The maximum atomic E-state index is 13.5. The standard InChI is InChI=1S/C28H37ClN2O3/c1-17-20-12-31(27-14-26(15-27,16-27)22(32)33)23(34)30-28(20,13-25(17,5)6)19-8-7-18(21(29)11-19)9-10-24(2,3)4/h7-8,11-12,17H,9-10,13-16H2,1-6H3,(H,30,34)(H,32,33)/t17?,26?,27?,28-/m0/s1. The molecule has 4 saturated carbocycles. The molecule has 184 valence electrons. The predicted octanol–water partition coefficient (Wildman–Crippen LogP) is 6.50. The van der Waals surface area contributed by atoms with Gasteiger partial charge in [0.1, 0.15) is 0 Å². The van der Waals surface area contributed by atoms with Gasteiger partial charge in [0.15, 0.2) is 0 Å². The van der Waals surface area contributed by atoms with Crippen LogP contribution in [0.5, 0.6) is 0 Å². The van der Waals surface area contributed by atoms with Gasteiger partial charge in [-0.1, -0.05) is 65.3 Å². The first-order chi connectivity index (χ1) is 15.6. The number of carbonyl (C=O) groups excluding carboxylic acids is 1. The Hall–Kier alpha value is -2.01. The van der Waals surface area contributed by atoms with E-state index in [4.69, 9.17) is 11.6 Å². The van der Waals surface area contributed by atoms with Gasteiger partial charge in [-0.15, -0.1) is 0 Å². The predicted molar refractivity (Wildman–Crippen MR) is 134 cm³/mol. The van der Waals surface area contributed by atoms with Crippen LogP contribution in [0.15, 0.2) is 30.0 Å². The zero-order chi connectivity index (χ0) is 24.9. The van der Waals surface area contributed by atoms with Crippen LogP contribution in [0.1, 0.15) is 84.8 Å². The quantitative estimate of drug-likeness (QED) is 0.501. The zero-order valence-corrected chi connectivity index (χ0v) is 22.0. The average Bonchev–Trinajstić information content (AvgIpc) is 2.84. The van der Waals surface area contributed by atoms with Crippen LogP contribution in [0.2, 0.25) is 5.02 Å². The average molecular weight is 485 g/mol. The minimum absolute atomic E-state index is 0.00573. The van der Waals surface area contributed by atoms with Crippen molar-refractivity contribution in [1.29, 1.82) is 0 Å². The Morgan fingerprint density at radius 3 is 2.41 bits per heavy atom. The van der Waals surface area contributed by atoms with Gasteiger partial charge in [0.05, 0.1) is 16.5 Å². The number of benzene rings is 1. The zero-order valence-electron chi connectivity index (χ0n) is 21.2. The number of aryl methyl sites for hydroxylation is 1. The molecule has 6 rings (SSSR count). The van der Waals surface area contributed by atoms with Crippen molar-refractivity contribution in [2.45, 2.75) is 91.1 Å².